The number of carbonyl (C=O) groups excluding carboxylic acids is 1. The maximum atomic E-state index is 15.9. The lowest BCUT2D eigenvalue weighted by atomic mass is 10.0. The van der Waals surface area contributed by atoms with Gasteiger partial charge in [-0.2, -0.15) is 13.2 Å². The minimum Gasteiger partial charge on any atom is -0.378 e. The Kier molecular flexibility index (Phi) is 8.04. The zero-order valence-electron chi connectivity index (χ0n) is 23.6. The first-order valence-electron chi connectivity index (χ1n) is 13.7. The number of rotatable bonds is 5. The van der Waals surface area contributed by atoms with Crippen molar-refractivity contribution in [3.05, 3.63) is 76.0 Å². The Bertz CT molecular complexity index is 1520. The van der Waals surface area contributed by atoms with Gasteiger partial charge in [0.1, 0.15) is 5.82 Å². The average Bonchev–Trinajstić information content (AvgIpc) is 2.95. The molecule has 0 spiro atoms. The van der Waals surface area contributed by atoms with Crippen LogP contribution in [0.3, 0.4) is 0 Å². The van der Waals surface area contributed by atoms with E-state index < -0.39 is 34.6 Å². The van der Waals surface area contributed by atoms with Gasteiger partial charge in [0.15, 0.2) is 0 Å². The summed E-state index contributed by atoms with van der Waals surface area (Å²) in [5, 5.41) is 0. The number of nitrogens with two attached hydrogens (primary N) is 1. The summed E-state index contributed by atoms with van der Waals surface area (Å²) >= 11 is 0. The van der Waals surface area contributed by atoms with E-state index in [9.17, 15) is 22.8 Å². The van der Waals surface area contributed by atoms with Crippen molar-refractivity contribution in [1.82, 2.24) is 9.47 Å². The van der Waals surface area contributed by atoms with E-state index in [0.29, 0.717) is 43.6 Å². The second-order valence-corrected chi connectivity index (χ2v) is 10.9. The summed E-state index contributed by atoms with van der Waals surface area (Å²) in [5.41, 5.74) is 4.12. The average molecular weight is 588 g/mol. The smallest absolute Gasteiger partial charge is 0.378 e. The summed E-state index contributed by atoms with van der Waals surface area (Å²) in [4.78, 5) is 31.5. The zero-order chi connectivity index (χ0) is 30.3. The number of benzene rings is 2. The highest BCUT2D eigenvalue weighted by molar-refractivity contribution is 5.94. The van der Waals surface area contributed by atoms with Crippen LogP contribution in [0, 0.1) is 5.82 Å². The van der Waals surface area contributed by atoms with Gasteiger partial charge in [0, 0.05) is 61.8 Å². The van der Waals surface area contributed by atoms with Gasteiger partial charge in [-0.15, -0.1) is 0 Å². The number of halogens is 4. The Balaban J connectivity index is 1.67. The number of anilines is 2. The molecule has 0 radical (unpaired) electrons. The van der Waals surface area contributed by atoms with Gasteiger partial charge in [-0.3, -0.25) is 19.1 Å². The molecule has 0 saturated carbocycles. The third-order valence-corrected chi connectivity index (χ3v) is 8.20. The number of hydrogen-bond acceptors (Lipinski definition) is 6. The van der Waals surface area contributed by atoms with Crippen molar-refractivity contribution in [2.75, 3.05) is 56.2 Å². The number of carbonyl (C=O) groups is 1. The molecular formula is C30H33F4N5O3. The van der Waals surface area contributed by atoms with Crippen molar-refractivity contribution in [2.45, 2.75) is 32.1 Å². The summed E-state index contributed by atoms with van der Waals surface area (Å²) < 4.78 is 63.3. The van der Waals surface area contributed by atoms with Gasteiger partial charge in [0.2, 0.25) is 0 Å². The second kappa shape index (κ2) is 11.4. The van der Waals surface area contributed by atoms with Crippen LogP contribution in [0.2, 0.25) is 0 Å². The molecule has 3 heterocycles. The molecule has 42 heavy (non-hydrogen) atoms. The van der Waals surface area contributed by atoms with Gasteiger partial charge >= 0.3 is 6.18 Å². The summed E-state index contributed by atoms with van der Waals surface area (Å²) in [7, 11) is 1.98. The minimum atomic E-state index is -4.97. The van der Waals surface area contributed by atoms with Crippen molar-refractivity contribution < 1.29 is 27.1 Å². The molecule has 2 atom stereocenters. The predicted molar refractivity (Wildman–Crippen MR) is 153 cm³/mol. The molecule has 5 rings (SSSR count). The van der Waals surface area contributed by atoms with Crippen LogP contribution in [-0.2, 0) is 10.9 Å². The monoisotopic (exact) mass is 587 g/mol. The van der Waals surface area contributed by atoms with E-state index in [-0.39, 0.29) is 23.3 Å². The third-order valence-electron chi connectivity index (χ3n) is 8.20. The van der Waals surface area contributed by atoms with Gasteiger partial charge in [0.25, 0.3) is 11.5 Å². The number of nitrogens with zero attached hydrogens (tertiary/aromatic N) is 4. The van der Waals surface area contributed by atoms with Gasteiger partial charge in [-0.25, -0.2) is 4.39 Å². The Labute approximate surface area is 240 Å². The van der Waals surface area contributed by atoms with E-state index in [0.717, 1.165) is 29.5 Å². The molecule has 224 valence electrons. The number of hydrogen-bond donors (Lipinski definition) is 1. The number of primary amides is 1. The molecule has 0 unspecified atom stereocenters. The first-order chi connectivity index (χ1) is 19.8. The van der Waals surface area contributed by atoms with E-state index in [1.807, 2.05) is 37.9 Å². The zero-order valence-corrected chi connectivity index (χ0v) is 23.6. The van der Waals surface area contributed by atoms with Crippen molar-refractivity contribution in [1.29, 1.82) is 0 Å². The fourth-order valence-electron chi connectivity index (χ4n) is 5.65. The summed E-state index contributed by atoms with van der Waals surface area (Å²) in [6, 6.07) is 10.5. The van der Waals surface area contributed by atoms with Crippen LogP contribution in [0.1, 0.15) is 29.8 Å². The van der Waals surface area contributed by atoms with Gasteiger partial charge in [-0.1, -0.05) is 12.1 Å². The van der Waals surface area contributed by atoms with E-state index in [1.165, 1.54) is 12.1 Å². The number of aromatic nitrogens is 1. The van der Waals surface area contributed by atoms with Crippen molar-refractivity contribution in [3.63, 3.8) is 0 Å². The molecule has 8 nitrogen and oxygen atoms in total. The van der Waals surface area contributed by atoms with Gasteiger partial charge in [-0.05, 0) is 50.7 Å². The van der Waals surface area contributed by atoms with E-state index in [2.05, 4.69) is 9.80 Å². The van der Waals surface area contributed by atoms with Crippen molar-refractivity contribution in [2.24, 2.45) is 5.73 Å². The fraction of sp³-hybridized carbons (Fsp3) is 0.400. The number of pyridine rings is 1. The second-order valence-electron chi connectivity index (χ2n) is 10.9. The molecule has 12 heteroatoms. The largest absolute Gasteiger partial charge is 0.417 e. The van der Waals surface area contributed by atoms with Crippen molar-refractivity contribution in [3.8, 4) is 16.8 Å². The predicted octanol–water partition coefficient (Wildman–Crippen LogP) is 4.13. The van der Waals surface area contributed by atoms with Gasteiger partial charge in [0.05, 0.1) is 35.7 Å². The highest BCUT2D eigenvalue weighted by Crippen LogP contribution is 2.36. The topological polar surface area (TPSA) is 84.0 Å². The third kappa shape index (κ3) is 5.73. The van der Waals surface area contributed by atoms with Crippen LogP contribution in [0.5, 0.6) is 0 Å². The van der Waals surface area contributed by atoms with Crippen LogP contribution >= 0.6 is 0 Å². The van der Waals surface area contributed by atoms with Crippen LogP contribution in [0.15, 0.2) is 53.5 Å². The number of ether oxygens (including phenoxy) is 1. The highest BCUT2D eigenvalue weighted by atomic mass is 19.4. The summed E-state index contributed by atoms with van der Waals surface area (Å²) in [5.74, 6) is -1.89. The van der Waals surface area contributed by atoms with Crippen molar-refractivity contribution >= 4 is 17.3 Å². The first-order valence-corrected chi connectivity index (χ1v) is 13.7. The molecule has 0 bridgehead atoms. The maximum Gasteiger partial charge on any atom is 0.417 e. The molecule has 2 aromatic carbocycles. The number of morpholine rings is 1. The molecule has 2 aliphatic heterocycles. The van der Waals surface area contributed by atoms with E-state index in [1.54, 1.807) is 12.1 Å². The lowest BCUT2D eigenvalue weighted by Crippen LogP contribution is -2.55. The minimum absolute atomic E-state index is 0.0718. The normalized spacial score (nSPS) is 20.2. The molecule has 3 aromatic rings. The molecule has 2 fully saturated rings. The Morgan fingerprint density at radius 2 is 1.57 bits per heavy atom. The molecule has 2 N–H and O–H groups in total. The van der Waals surface area contributed by atoms with E-state index >= 15 is 4.39 Å². The SMILES string of the molecule is C[C@@H]1CN(c2cc(F)c(-c3ccc(N4CCOCC4)cc3)cc2-n2cc(C(N)=O)c(C(F)(F)F)cc2=O)C[C@H](C)N1C. The Morgan fingerprint density at radius 1 is 0.952 bits per heavy atom. The van der Waals surface area contributed by atoms with E-state index in [4.69, 9.17) is 10.5 Å². The molecule has 2 aliphatic rings. The van der Waals surface area contributed by atoms with Gasteiger partial charge < -0.3 is 20.3 Å². The summed E-state index contributed by atoms with van der Waals surface area (Å²) in [6.45, 7) is 7.68. The number of alkyl halides is 3. The first kappa shape index (κ1) is 29.6. The molecule has 1 aromatic heterocycles. The Morgan fingerprint density at radius 3 is 2.14 bits per heavy atom. The standard InChI is InChI=1S/C30H33F4N5O3/c1-18-15-38(16-19(2)36(18)3)26-14-25(31)22(20-4-6-21(7-5-20)37-8-10-42-11-9-37)12-27(26)39-17-23(29(35)41)24(13-28(39)40)30(32,33)34/h4-7,12-14,17-19H,8-11,15-16H2,1-3H3,(H2,35,41)/t18-,19+. The summed E-state index contributed by atoms with van der Waals surface area (Å²) in [6.07, 6.45) is -4.16. The number of likely N-dealkylation sites (N-methyl/N-ethyl adjacent to an activating group) is 1. The molecular weight excluding hydrogens is 554 g/mol. The highest BCUT2D eigenvalue weighted by Gasteiger charge is 2.36. The molecule has 0 aliphatic carbocycles. The van der Waals surface area contributed by atoms with Crippen LogP contribution in [0.4, 0.5) is 28.9 Å². The maximum absolute atomic E-state index is 15.9. The quantitative estimate of drug-likeness (QED) is 0.453. The van der Waals surface area contributed by atoms with Crippen LogP contribution < -0.4 is 21.1 Å². The molecule has 2 saturated heterocycles. The number of amides is 1. The number of piperazine rings is 1. The lowest BCUT2D eigenvalue weighted by molar-refractivity contribution is -0.138. The fourth-order valence-corrected chi connectivity index (χ4v) is 5.65. The Hall–Kier alpha value is -3.90. The molecule has 1 amide bonds. The lowest BCUT2D eigenvalue weighted by Gasteiger charge is -2.44. The van der Waals surface area contributed by atoms with Crippen LogP contribution in [-0.4, -0.2) is 73.9 Å². The van der Waals surface area contributed by atoms with Crippen LogP contribution in [0.25, 0.3) is 16.8 Å².